The molecule has 0 spiro atoms. The lowest BCUT2D eigenvalue weighted by Crippen LogP contribution is -2.14. The van der Waals surface area contributed by atoms with Gasteiger partial charge in [-0.2, -0.15) is 0 Å². The summed E-state index contributed by atoms with van der Waals surface area (Å²) in [5.41, 5.74) is 2.32. The maximum atomic E-state index is 12.5. The molecule has 0 saturated carbocycles. The van der Waals surface area contributed by atoms with Crippen molar-refractivity contribution in [3.63, 3.8) is 0 Å². The predicted octanol–water partition coefficient (Wildman–Crippen LogP) is 4.96. The average molecular weight is 244 g/mol. The zero-order chi connectivity index (χ0) is 13.0. The highest BCUT2D eigenvalue weighted by Crippen LogP contribution is 2.43. The summed E-state index contributed by atoms with van der Waals surface area (Å²) >= 11 is 0. The topological polar surface area (TPSA) is 17.1 Å². The summed E-state index contributed by atoms with van der Waals surface area (Å²) < 4.78 is 0. The molecule has 1 aliphatic rings. The number of benzene rings is 1. The summed E-state index contributed by atoms with van der Waals surface area (Å²) in [6.07, 6.45) is 7.04. The van der Waals surface area contributed by atoms with Gasteiger partial charge in [0, 0.05) is 11.5 Å². The van der Waals surface area contributed by atoms with Crippen LogP contribution in [0.5, 0.6) is 0 Å². The number of rotatable bonds is 6. The molecule has 1 nitrogen and oxygen atoms in total. The minimum atomic E-state index is 0.258. The van der Waals surface area contributed by atoms with Gasteiger partial charge in [-0.15, -0.1) is 0 Å². The molecule has 0 radical (unpaired) electrons. The summed E-state index contributed by atoms with van der Waals surface area (Å²) in [4.78, 5) is 12.5. The highest BCUT2D eigenvalue weighted by Gasteiger charge is 2.37. The molecule has 0 fully saturated rings. The van der Waals surface area contributed by atoms with Gasteiger partial charge in [-0.25, -0.2) is 0 Å². The van der Waals surface area contributed by atoms with E-state index in [4.69, 9.17) is 0 Å². The number of carbonyl (C=O) groups excluding carboxylic acids is 1. The average Bonchev–Trinajstić information content (AvgIpc) is 2.67. The fourth-order valence-corrected chi connectivity index (χ4v) is 3.18. The molecule has 0 heterocycles. The van der Waals surface area contributed by atoms with Crippen LogP contribution in [0.4, 0.5) is 0 Å². The van der Waals surface area contributed by atoms with Crippen LogP contribution in [0.2, 0.25) is 0 Å². The predicted molar refractivity (Wildman–Crippen MR) is 76.1 cm³/mol. The molecule has 1 heteroatoms. The van der Waals surface area contributed by atoms with E-state index in [2.05, 4.69) is 26.0 Å². The molecule has 0 saturated heterocycles. The summed E-state index contributed by atoms with van der Waals surface area (Å²) in [5, 5.41) is 0. The van der Waals surface area contributed by atoms with Crippen molar-refractivity contribution in [2.75, 3.05) is 0 Å². The van der Waals surface area contributed by atoms with Crippen LogP contribution in [0.1, 0.15) is 74.2 Å². The summed E-state index contributed by atoms with van der Waals surface area (Å²) in [6.45, 7) is 4.43. The Morgan fingerprint density at radius 1 is 0.944 bits per heavy atom. The Labute approximate surface area is 111 Å². The number of unbranched alkanes of at least 4 members (excludes halogenated alkanes) is 2. The number of ketones is 1. The van der Waals surface area contributed by atoms with E-state index in [1.165, 1.54) is 37.7 Å². The molecule has 0 bridgehead atoms. The van der Waals surface area contributed by atoms with Gasteiger partial charge >= 0.3 is 0 Å². The van der Waals surface area contributed by atoms with Crippen molar-refractivity contribution >= 4 is 5.78 Å². The fraction of sp³-hybridized carbons (Fsp3) is 0.588. The zero-order valence-electron chi connectivity index (χ0n) is 11.6. The first-order valence-electron chi connectivity index (χ1n) is 7.42. The van der Waals surface area contributed by atoms with E-state index in [9.17, 15) is 4.79 Å². The second kappa shape index (κ2) is 6.17. The number of fused-ring (bicyclic) bond motifs is 1. The van der Waals surface area contributed by atoms with Gasteiger partial charge in [0.15, 0.2) is 5.78 Å². The van der Waals surface area contributed by atoms with Gasteiger partial charge in [0.2, 0.25) is 0 Å². The van der Waals surface area contributed by atoms with Crippen LogP contribution in [0.25, 0.3) is 0 Å². The summed E-state index contributed by atoms with van der Waals surface area (Å²) in [5.74, 6) is 1.15. The third kappa shape index (κ3) is 2.50. The van der Waals surface area contributed by atoms with Crippen LogP contribution in [-0.2, 0) is 0 Å². The van der Waals surface area contributed by atoms with E-state index < -0.39 is 0 Å². The molecule has 0 aliphatic heterocycles. The van der Waals surface area contributed by atoms with Gasteiger partial charge in [0.25, 0.3) is 0 Å². The largest absolute Gasteiger partial charge is 0.294 e. The maximum Gasteiger partial charge on any atom is 0.166 e. The van der Waals surface area contributed by atoms with Crippen LogP contribution < -0.4 is 0 Å². The first kappa shape index (κ1) is 13.3. The summed E-state index contributed by atoms with van der Waals surface area (Å²) in [6, 6.07) is 8.26. The quantitative estimate of drug-likeness (QED) is 0.691. The monoisotopic (exact) mass is 244 g/mol. The van der Waals surface area contributed by atoms with Gasteiger partial charge < -0.3 is 0 Å². The van der Waals surface area contributed by atoms with E-state index >= 15 is 0 Å². The third-order valence-corrected chi connectivity index (χ3v) is 4.19. The van der Waals surface area contributed by atoms with Crippen molar-refractivity contribution < 1.29 is 4.79 Å². The maximum absolute atomic E-state index is 12.5. The Balaban J connectivity index is 2.22. The second-order valence-corrected chi connectivity index (χ2v) is 5.45. The highest BCUT2D eigenvalue weighted by atomic mass is 16.1. The summed E-state index contributed by atoms with van der Waals surface area (Å²) in [7, 11) is 0. The van der Waals surface area contributed by atoms with E-state index in [1.54, 1.807) is 0 Å². The van der Waals surface area contributed by atoms with Crippen molar-refractivity contribution in [1.82, 2.24) is 0 Å². The molecule has 1 aliphatic carbocycles. The smallest absolute Gasteiger partial charge is 0.166 e. The number of carbonyl (C=O) groups is 1. The van der Waals surface area contributed by atoms with Crippen molar-refractivity contribution in [1.29, 1.82) is 0 Å². The van der Waals surface area contributed by atoms with Gasteiger partial charge in [-0.05, 0) is 24.3 Å². The van der Waals surface area contributed by atoms with E-state index in [0.29, 0.717) is 11.7 Å². The Kier molecular flexibility index (Phi) is 4.57. The van der Waals surface area contributed by atoms with Crippen LogP contribution in [-0.4, -0.2) is 5.78 Å². The molecule has 1 aromatic carbocycles. The molecule has 1 aromatic rings. The van der Waals surface area contributed by atoms with Crippen LogP contribution in [0, 0.1) is 5.92 Å². The standard InChI is InChI=1S/C17H24O/c1-3-5-9-13-14-11-7-8-12-16(14)17(18)15(13)10-6-4-2/h7-8,11-13,15H,3-6,9-10H2,1-2H3/t13-,15+/m1/s1. The number of hydrogen-bond acceptors (Lipinski definition) is 1. The molecular weight excluding hydrogens is 220 g/mol. The Morgan fingerprint density at radius 2 is 1.56 bits per heavy atom. The molecule has 2 atom stereocenters. The first-order valence-corrected chi connectivity index (χ1v) is 7.42. The molecule has 0 amide bonds. The van der Waals surface area contributed by atoms with Crippen LogP contribution in [0.3, 0.4) is 0 Å². The van der Waals surface area contributed by atoms with Crippen molar-refractivity contribution in [3.05, 3.63) is 35.4 Å². The molecular formula is C17H24O. The van der Waals surface area contributed by atoms with Gasteiger partial charge in [0.05, 0.1) is 0 Å². The first-order chi connectivity index (χ1) is 8.79. The molecule has 0 unspecified atom stereocenters. The highest BCUT2D eigenvalue weighted by molar-refractivity contribution is 6.03. The molecule has 2 rings (SSSR count). The fourth-order valence-electron chi connectivity index (χ4n) is 3.18. The lowest BCUT2D eigenvalue weighted by Gasteiger charge is -2.18. The van der Waals surface area contributed by atoms with Crippen LogP contribution in [0.15, 0.2) is 24.3 Å². The lowest BCUT2D eigenvalue weighted by molar-refractivity contribution is 0.0911. The number of Topliss-reactive ketones (excluding diaryl/α,β-unsaturated/α-hetero) is 1. The van der Waals surface area contributed by atoms with Gasteiger partial charge in [-0.1, -0.05) is 63.8 Å². The Hall–Kier alpha value is -1.11. The van der Waals surface area contributed by atoms with Gasteiger partial charge in [-0.3, -0.25) is 4.79 Å². The normalized spacial score (nSPS) is 22.2. The lowest BCUT2D eigenvalue weighted by atomic mass is 9.84. The van der Waals surface area contributed by atoms with Crippen molar-refractivity contribution in [3.8, 4) is 0 Å². The molecule has 98 valence electrons. The second-order valence-electron chi connectivity index (χ2n) is 5.45. The Morgan fingerprint density at radius 3 is 2.22 bits per heavy atom. The van der Waals surface area contributed by atoms with E-state index in [0.717, 1.165) is 12.0 Å². The van der Waals surface area contributed by atoms with Crippen molar-refractivity contribution in [2.45, 2.75) is 58.3 Å². The van der Waals surface area contributed by atoms with E-state index in [1.807, 2.05) is 12.1 Å². The van der Waals surface area contributed by atoms with Crippen LogP contribution >= 0.6 is 0 Å². The molecule has 18 heavy (non-hydrogen) atoms. The molecule has 0 aromatic heterocycles. The third-order valence-electron chi connectivity index (χ3n) is 4.19. The van der Waals surface area contributed by atoms with Gasteiger partial charge in [0.1, 0.15) is 0 Å². The SMILES string of the molecule is CCCC[C@@H]1C(=O)c2ccccc2[C@H]1CCCC. The van der Waals surface area contributed by atoms with Crippen molar-refractivity contribution in [2.24, 2.45) is 5.92 Å². The Bertz CT molecular complexity index is 408. The number of hydrogen-bond donors (Lipinski definition) is 0. The minimum absolute atomic E-state index is 0.258. The zero-order valence-corrected chi connectivity index (χ0v) is 11.6. The van der Waals surface area contributed by atoms with E-state index in [-0.39, 0.29) is 5.92 Å². The minimum Gasteiger partial charge on any atom is -0.294 e. The molecule has 0 N–H and O–H groups in total.